The van der Waals surface area contributed by atoms with Crippen LogP contribution in [0.1, 0.15) is 32.9 Å². The maximum absolute atomic E-state index is 12.4. The highest BCUT2D eigenvalue weighted by Gasteiger charge is 2.22. The average molecular weight is 410 g/mol. The van der Waals surface area contributed by atoms with E-state index in [-0.39, 0.29) is 5.56 Å². The summed E-state index contributed by atoms with van der Waals surface area (Å²) in [7, 11) is 0. The standard InChI is InChI=1S/C26H22N2O3/c1-15-9-10-22-20(11-15)25-21(26(29)30)12-19(24-16(2)27-31-17(24)3)13-23(25)28(22)14-18-7-5-4-6-8-18/h4-13H,14H2,1-3H3,(H,29,30). The Bertz CT molecular complexity index is 1440. The smallest absolute Gasteiger partial charge is 0.336 e. The minimum Gasteiger partial charge on any atom is -0.478 e. The minimum atomic E-state index is -0.945. The number of carboxylic acid groups (broad SMARTS) is 1. The molecule has 0 aliphatic heterocycles. The average Bonchev–Trinajstić information content (AvgIpc) is 3.24. The van der Waals surface area contributed by atoms with Crippen LogP contribution in [0, 0.1) is 20.8 Å². The second kappa shape index (κ2) is 7.13. The monoisotopic (exact) mass is 410 g/mol. The topological polar surface area (TPSA) is 68.3 Å². The Labute approximate surface area is 179 Å². The van der Waals surface area contributed by atoms with Gasteiger partial charge in [-0.3, -0.25) is 0 Å². The van der Waals surface area contributed by atoms with E-state index in [1.54, 1.807) is 6.07 Å². The van der Waals surface area contributed by atoms with Gasteiger partial charge in [-0.25, -0.2) is 4.79 Å². The molecule has 5 rings (SSSR count). The number of rotatable bonds is 4. The highest BCUT2D eigenvalue weighted by Crippen LogP contribution is 2.38. The summed E-state index contributed by atoms with van der Waals surface area (Å²) in [6.07, 6.45) is 0. The Morgan fingerprint density at radius 2 is 1.77 bits per heavy atom. The number of benzene rings is 3. The van der Waals surface area contributed by atoms with Crippen molar-refractivity contribution in [1.82, 2.24) is 9.72 Å². The van der Waals surface area contributed by atoms with Gasteiger partial charge >= 0.3 is 5.97 Å². The summed E-state index contributed by atoms with van der Waals surface area (Å²) in [5.41, 5.74) is 6.83. The summed E-state index contributed by atoms with van der Waals surface area (Å²) in [6, 6.07) is 20.2. The molecule has 0 amide bonds. The van der Waals surface area contributed by atoms with Crippen molar-refractivity contribution >= 4 is 27.8 Å². The van der Waals surface area contributed by atoms with Crippen LogP contribution in [-0.4, -0.2) is 20.8 Å². The maximum atomic E-state index is 12.4. The van der Waals surface area contributed by atoms with Crippen molar-refractivity contribution in [3.8, 4) is 11.1 Å². The summed E-state index contributed by atoms with van der Waals surface area (Å²) < 4.78 is 7.56. The molecule has 0 saturated heterocycles. The molecule has 31 heavy (non-hydrogen) atoms. The van der Waals surface area contributed by atoms with Gasteiger partial charge in [-0.05, 0) is 56.2 Å². The van der Waals surface area contributed by atoms with Crippen LogP contribution in [0.4, 0.5) is 0 Å². The number of hydrogen-bond donors (Lipinski definition) is 1. The van der Waals surface area contributed by atoms with Crippen molar-refractivity contribution in [3.63, 3.8) is 0 Å². The first-order chi connectivity index (χ1) is 14.9. The van der Waals surface area contributed by atoms with E-state index in [9.17, 15) is 9.90 Å². The molecule has 0 aliphatic rings. The largest absolute Gasteiger partial charge is 0.478 e. The first kappa shape index (κ1) is 19.1. The van der Waals surface area contributed by atoms with Crippen molar-refractivity contribution in [2.75, 3.05) is 0 Å². The molecule has 2 aromatic heterocycles. The van der Waals surface area contributed by atoms with Crippen LogP contribution in [0.2, 0.25) is 0 Å². The van der Waals surface area contributed by atoms with Crippen molar-refractivity contribution in [3.05, 3.63) is 88.8 Å². The predicted molar refractivity (Wildman–Crippen MR) is 122 cm³/mol. The van der Waals surface area contributed by atoms with Crippen LogP contribution in [0.5, 0.6) is 0 Å². The molecule has 0 spiro atoms. The molecule has 3 aromatic carbocycles. The van der Waals surface area contributed by atoms with E-state index in [1.165, 1.54) is 0 Å². The number of aromatic carboxylic acids is 1. The van der Waals surface area contributed by atoms with Crippen molar-refractivity contribution in [2.45, 2.75) is 27.3 Å². The lowest BCUT2D eigenvalue weighted by molar-refractivity contribution is 0.0699. The van der Waals surface area contributed by atoms with Crippen molar-refractivity contribution < 1.29 is 14.4 Å². The number of aromatic nitrogens is 2. The van der Waals surface area contributed by atoms with E-state index in [4.69, 9.17) is 4.52 Å². The molecule has 0 radical (unpaired) electrons. The maximum Gasteiger partial charge on any atom is 0.336 e. The molecule has 5 nitrogen and oxygen atoms in total. The fourth-order valence-electron chi connectivity index (χ4n) is 4.48. The van der Waals surface area contributed by atoms with Gasteiger partial charge in [0.15, 0.2) is 0 Å². The fourth-order valence-corrected chi connectivity index (χ4v) is 4.48. The quantitative estimate of drug-likeness (QED) is 0.387. The number of fused-ring (bicyclic) bond motifs is 3. The van der Waals surface area contributed by atoms with E-state index in [2.05, 4.69) is 46.1 Å². The number of aryl methyl sites for hydroxylation is 3. The van der Waals surface area contributed by atoms with Gasteiger partial charge in [-0.15, -0.1) is 0 Å². The second-order valence-corrected chi connectivity index (χ2v) is 8.01. The fraction of sp³-hybridized carbons (Fsp3) is 0.154. The number of nitrogens with zero attached hydrogens (tertiary/aromatic N) is 2. The van der Waals surface area contributed by atoms with Gasteiger partial charge in [0.05, 0.1) is 16.8 Å². The Balaban J connectivity index is 1.90. The summed E-state index contributed by atoms with van der Waals surface area (Å²) >= 11 is 0. The van der Waals surface area contributed by atoms with Gasteiger partial charge in [0.2, 0.25) is 0 Å². The van der Waals surface area contributed by atoms with Crippen LogP contribution in [-0.2, 0) is 6.54 Å². The zero-order valence-corrected chi connectivity index (χ0v) is 17.6. The highest BCUT2D eigenvalue weighted by atomic mass is 16.5. The molecule has 0 fully saturated rings. The summed E-state index contributed by atoms with van der Waals surface area (Å²) in [6.45, 7) is 6.40. The van der Waals surface area contributed by atoms with Gasteiger partial charge in [-0.1, -0.05) is 47.1 Å². The molecule has 5 heteroatoms. The Morgan fingerprint density at radius 1 is 1.00 bits per heavy atom. The third kappa shape index (κ3) is 3.10. The third-order valence-electron chi connectivity index (χ3n) is 5.86. The van der Waals surface area contributed by atoms with Crippen LogP contribution in [0.25, 0.3) is 32.9 Å². The molecule has 5 aromatic rings. The summed E-state index contributed by atoms with van der Waals surface area (Å²) in [5.74, 6) is -0.270. The van der Waals surface area contributed by atoms with Gasteiger partial charge in [0.25, 0.3) is 0 Å². The Morgan fingerprint density at radius 3 is 2.45 bits per heavy atom. The summed E-state index contributed by atoms with van der Waals surface area (Å²) in [5, 5.41) is 15.9. The molecule has 0 unspecified atom stereocenters. The van der Waals surface area contributed by atoms with Crippen LogP contribution in [0.15, 0.2) is 65.2 Å². The van der Waals surface area contributed by atoms with E-state index in [0.29, 0.717) is 12.3 Å². The van der Waals surface area contributed by atoms with Crippen molar-refractivity contribution in [2.24, 2.45) is 0 Å². The lowest BCUT2D eigenvalue weighted by Crippen LogP contribution is -2.02. The van der Waals surface area contributed by atoms with E-state index in [1.807, 2.05) is 39.0 Å². The number of carboxylic acids is 1. The SMILES string of the molecule is Cc1ccc2c(c1)c1c(C(=O)O)cc(-c3c(C)noc3C)cc1n2Cc1ccccc1. The number of hydrogen-bond acceptors (Lipinski definition) is 3. The molecule has 154 valence electrons. The Kier molecular flexibility index (Phi) is 4.40. The molecule has 0 saturated carbocycles. The highest BCUT2D eigenvalue weighted by molar-refractivity contribution is 6.18. The molecule has 0 bridgehead atoms. The molecular formula is C26H22N2O3. The van der Waals surface area contributed by atoms with E-state index >= 15 is 0 Å². The zero-order chi connectivity index (χ0) is 21.7. The van der Waals surface area contributed by atoms with Gasteiger partial charge in [0, 0.05) is 28.4 Å². The molecule has 1 N–H and O–H groups in total. The Hall–Kier alpha value is -3.86. The predicted octanol–water partition coefficient (Wildman–Crippen LogP) is 6.12. The van der Waals surface area contributed by atoms with E-state index < -0.39 is 5.97 Å². The van der Waals surface area contributed by atoms with Gasteiger partial charge < -0.3 is 14.2 Å². The minimum absolute atomic E-state index is 0.287. The van der Waals surface area contributed by atoms with Crippen LogP contribution in [0.3, 0.4) is 0 Å². The van der Waals surface area contributed by atoms with Gasteiger partial charge in [-0.2, -0.15) is 0 Å². The van der Waals surface area contributed by atoms with Crippen molar-refractivity contribution in [1.29, 1.82) is 0 Å². The summed E-state index contributed by atoms with van der Waals surface area (Å²) in [4.78, 5) is 12.4. The van der Waals surface area contributed by atoms with E-state index in [0.717, 1.165) is 49.8 Å². The van der Waals surface area contributed by atoms with Gasteiger partial charge in [0.1, 0.15) is 5.76 Å². The first-order valence-corrected chi connectivity index (χ1v) is 10.2. The molecule has 0 aliphatic carbocycles. The molecule has 2 heterocycles. The van der Waals surface area contributed by atoms with Crippen LogP contribution < -0.4 is 0 Å². The molecular weight excluding hydrogens is 388 g/mol. The van der Waals surface area contributed by atoms with Crippen LogP contribution >= 0.6 is 0 Å². The lowest BCUT2D eigenvalue weighted by atomic mass is 9.97. The third-order valence-corrected chi connectivity index (χ3v) is 5.86. The lowest BCUT2D eigenvalue weighted by Gasteiger charge is -2.10. The zero-order valence-electron chi connectivity index (χ0n) is 17.6. The number of carbonyl (C=O) groups is 1. The second-order valence-electron chi connectivity index (χ2n) is 8.01. The molecule has 0 atom stereocenters. The normalized spacial score (nSPS) is 11.5. The first-order valence-electron chi connectivity index (χ1n) is 10.2.